The van der Waals surface area contributed by atoms with Gasteiger partial charge in [0.1, 0.15) is 12.8 Å². The summed E-state index contributed by atoms with van der Waals surface area (Å²) < 4.78 is 7.94. The van der Waals surface area contributed by atoms with Gasteiger partial charge in [-0.1, -0.05) is 89.7 Å². The first kappa shape index (κ1) is 27.9. The van der Waals surface area contributed by atoms with E-state index in [1.165, 1.54) is 70.6 Å². The van der Waals surface area contributed by atoms with Gasteiger partial charge in [0.15, 0.2) is 12.4 Å². The third-order valence-corrected chi connectivity index (χ3v) is 6.38. The second kappa shape index (κ2) is 17.1. The number of ether oxygens (including phenoxy) is 1. The monoisotopic (exact) mass is 467 g/mol. The Morgan fingerprint density at radius 2 is 1.35 bits per heavy atom. The van der Waals surface area contributed by atoms with Crippen LogP contribution in [0.3, 0.4) is 0 Å². The number of pyridine rings is 1. The summed E-state index contributed by atoms with van der Waals surface area (Å²) in [7, 11) is 2.00. The summed E-state index contributed by atoms with van der Waals surface area (Å²) in [4.78, 5) is 14.0. The Hall–Kier alpha value is -2.36. The van der Waals surface area contributed by atoms with E-state index in [4.69, 9.17) is 4.74 Å². The summed E-state index contributed by atoms with van der Waals surface area (Å²) in [6.45, 7) is 5.91. The predicted molar refractivity (Wildman–Crippen MR) is 141 cm³/mol. The summed E-state index contributed by atoms with van der Waals surface area (Å²) >= 11 is 0. The number of hydrogen-bond donors (Lipinski definition) is 0. The number of rotatable bonds is 18. The van der Waals surface area contributed by atoms with E-state index < -0.39 is 0 Å². The highest BCUT2D eigenvalue weighted by Crippen LogP contribution is 2.16. The Balaban J connectivity index is 1.57. The zero-order chi connectivity index (χ0) is 24.4. The van der Waals surface area contributed by atoms with Gasteiger partial charge in [0.2, 0.25) is 5.91 Å². The van der Waals surface area contributed by atoms with Crippen LogP contribution in [0, 0.1) is 0 Å². The topological polar surface area (TPSA) is 33.4 Å². The molecule has 0 saturated heterocycles. The molecular weight excluding hydrogens is 420 g/mol. The van der Waals surface area contributed by atoms with Crippen molar-refractivity contribution >= 4 is 5.91 Å². The Kier molecular flexibility index (Phi) is 14.0. The van der Waals surface area contributed by atoms with E-state index in [9.17, 15) is 4.79 Å². The van der Waals surface area contributed by atoms with Crippen LogP contribution in [0.4, 0.5) is 0 Å². The quantitative estimate of drug-likeness (QED) is 0.172. The van der Waals surface area contributed by atoms with E-state index in [0.717, 1.165) is 29.9 Å². The lowest BCUT2D eigenvalue weighted by molar-refractivity contribution is -0.672. The van der Waals surface area contributed by atoms with Gasteiger partial charge in [-0.15, -0.1) is 0 Å². The Bertz CT molecular complexity index is 804. The first-order chi connectivity index (χ1) is 16.6. The molecule has 0 unspecified atom stereocenters. The van der Waals surface area contributed by atoms with Crippen molar-refractivity contribution in [2.45, 2.75) is 104 Å². The molecule has 4 heteroatoms. The molecule has 2 rings (SSSR count). The molecule has 0 fully saturated rings. The number of carbonyl (C=O) groups is 1. The van der Waals surface area contributed by atoms with Crippen molar-refractivity contribution in [3.8, 4) is 5.75 Å². The second-order valence-corrected chi connectivity index (χ2v) is 9.63. The highest BCUT2D eigenvalue weighted by Gasteiger charge is 2.12. The lowest BCUT2D eigenvalue weighted by atomic mass is 10.1. The zero-order valence-corrected chi connectivity index (χ0v) is 21.9. The molecule has 4 nitrogen and oxygen atoms in total. The normalized spacial score (nSPS) is 10.9. The van der Waals surface area contributed by atoms with Gasteiger partial charge >= 0.3 is 0 Å². The molecule has 1 aromatic carbocycles. The molecule has 0 saturated carbocycles. The fourth-order valence-corrected chi connectivity index (χ4v) is 4.29. The molecule has 0 bridgehead atoms. The van der Waals surface area contributed by atoms with E-state index in [1.54, 1.807) is 6.92 Å². The number of carbonyl (C=O) groups excluding carboxylic acids is 1. The standard InChI is InChI=1S/C30H47N2O2/c1-4-5-6-7-8-9-10-11-12-13-14-15-23-34-30-20-18-28(19-21-30)25-32(27(2)33)26-29-17-16-22-31(3)24-29/h16-22,24H,4-15,23,25-26H2,1-3H3/q+1. The fourth-order valence-electron chi connectivity index (χ4n) is 4.29. The van der Waals surface area contributed by atoms with Crippen LogP contribution < -0.4 is 9.30 Å². The van der Waals surface area contributed by atoms with Crippen LogP contribution >= 0.6 is 0 Å². The van der Waals surface area contributed by atoms with Crippen LogP contribution in [-0.4, -0.2) is 17.4 Å². The maximum atomic E-state index is 12.1. The molecule has 2 aromatic rings. The van der Waals surface area contributed by atoms with E-state index in [2.05, 4.69) is 31.3 Å². The third-order valence-electron chi connectivity index (χ3n) is 6.38. The molecule has 0 atom stereocenters. The molecule has 0 spiro atoms. The van der Waals surface area contributed by atoms with E-state index >= 15 is 0 Å². The molecule has 0 aliphatic carbocycles. The van der Waals surface area contributed by atoms with Crippen molar-refractivity contribution < 1.29 is 14.1 Å². The van der Waals surface area contributed by atoms with Gasteiger partial charge in [-0.05, 0) is 30.2 Å². The van der Waals surface area contributed by atoms with Gasteiger partial charge in [0.25, 0.3) is 0 Å². The minimum atomic E-state index is 0.0822. The molecule has 0 radical (unpaired) electrons. The first-order valence-corrected chi connectivity index (χ1v) is 13.5. The highest BCUT2D eigenvalue weighted by atomic mass is 16.5. The van der Waals surface area contributed by atoms with Crippen LogP contribution in [0.2, 0.25) is 0 Å². The van der Waals surface area contributed by atoms with Crippen molar-refractivity contribution in [1.82, 2.24) is 4.90 Å². The van der Waals surface area contributed by atoms with Crippen LogP contribution in [0.5, 0.6) is 5.75 Å². The Morgan fingerprint density at radius 1 is 0.794 bits per heavy atom. The number of benzene rings is 1. The van der Waals surface area contributed by atoms with Crippen molar-refractivity contribution in [1.29, 1.82) is 0 Å². The van der Waals surface area contributed by atoms with Crippen LogP contribution in [0.1, 0.15) is 102 Å². The molecule has 1 aromatic heterocycles. The molecule has 188 valence electrons. The molecule has 1 amide bonds. The minimum Gasteiger partial charge on any atom is -0.494 e. The number of hydrogen-bond acceptors (Lipinski definition) is 2. The SMILES string of the molecule is CCCCCCCCCCCCCCOc1ccc(CN(Cc2ccc[n+](C)c2)C(C)=O)cc1. The van der Waals surface area contributed by atoms with Crippen LogP contribution in [-0.2, 0) is 24.9 Å². The maximum Gasteiger partial charge on any atom is 0.220 e. The summed E-state index contributed by atoms with van der Waals surface area (Å²) in [5.41, 5.74) is 2.25. The van der Waals surface area contributed by atoms with Crippen molar-refractivity contribution in [3.05, 3.63) is 59.9 Å². The zero-order valence-electron chi connectivity index (χ0n) is 21.9. The highest BCUT2D eigenvalue weighted by molar-refractivity contribution is 5.73. The minimum absolute atomic E-state index is 0.0822. The van der Waals surface area contributed by atoms with Gasteiger partial charge in [0, 0.05) is 25.1 Å². The van der Waals surface area contributed by atoms with Gasteiger partial charge in [-0.2, -0.15) is 0 Å². The van der Waals surface area contributed by atoms with Gasteiger partial charge in [0.05, 0.1) is 13.2 Å². The van der Waals surface area contributed by atoms with E-state index in [0.29, 0.717) is 13.1 Å². The molecule has 34 heavy (non-hydrogen) atoms. The molecule has 0 aliphatic rings. The maximum absolute atomic E-state index is 12.1. The smallest absolute Gasteiger partial charge is 0.220 e. The number of aryl methyl sites for hydroxylation is 1. The lowest BCUT2D eigenvalue weighted by Gasteiger charge is -2.21. The summed E-state index contributed by atoms with van der Waals surface area (Å²) in [6.07, 6.45) is 20.3. The number of amides is 1. The van der Waals surface area contributed by atoms with Crippen LogP contribution in [0.15, 0.2) is 48.8 Å². The fraction of sp³-hybridized carbons (Fsp3) is 0.600. The second-order valence-electron chi connectivity index (χ2n) is 9.63. The van der Waals surface area contributed by atoms with Gasteiger partial charge in [-0.25, -0.2) is 4.57 Å². The van der Waals surface area contributed by atoms with E-state index in [1.807, 2.05) is 40.9 Å². The summed E-state index contributed by atoms with van der Waals surface area (Å²) in [5, 5.41) is 0. The Labute approximate surface area is 208 Å². The van der Waals surface area contributed by atoms with E-state index in [-0.39, 0.29) is 5.91 Å². The molecule has 0 aliphatic heterocycles. The summed E-state index contributed by atoms with van der Waals surface area (Å²) in [6, 6.07) is 12.3. The van der Waals surface area contributed by atoms with Crippen LogP contribution in [0.25, 0.3) is 0 Å². The third kappa shape index (κ3) is 12.2. The first-order valence-electron chi connectivity index (χ1n) is 13.5. The van der Waals surface area contributed by atoms with Gasteiger partial charge in [-0.3, -0.25) is 4.79 Å². The average molecular weight is 468 g/mol. The lowest BCUT2D eigenvalue weighted by Crippen LogP contribution is -2.31. The number of unbranched alkanes of at least 4 members (excludes halogenated alkanes) is 11. The largest absolute Gasteiger partial charge is 0.494 e. The molecule has 0 N–H and O–H groups in total. The molecule has 1 heterocycles. The number of nitrogens with zero attached hydrogens (tertiary/aromatic N) is 2. The average Bonchev–Trinajstić information content (AvgIpc) is 2.82. The molecular formula is C30H47N2O2+. The van der Waals surface area contributed by atoms with Crippen molar-refractivity contribution in [2.75, 3.05) is 6.61 Å². The number of aromatic nitrogens is 1. The summed E-state index contributed by atoms with van der Waals surface area (Å²) in [5.74, 6) is 0.995. The van der Waals surface area contributed by atoms with Crippen molar-refractivity contribution in [3.63, 3.8) is 0 Å². The van der Waals surface area contributed by atoms with Crippen molar-refractivity contribution in [2.24, 2.45) is 7.05 Å². The predicted octanol–water partition coefficient (Wildman–Crippen LogP) is 7.14. The Morgan fingerprint density at radius 3 is 1.91 bits per heavy atom. The van der Waals surface area contributed by atoms with Gasteiger partial charge < -0.3 is 9.64 Å².